The summed E-state index contributed by atoms with van der Waals surface area (Å²) in [6.45, 7) is 2.63. The van der Waals surface area contributed by atoms with Crippen LogP contribution < -0.4 is 0 Å². The number of rotatable bonds is 4. The van der Waals surface area contributed by atoms with E-state index in [1.165, 1.54) is 6.07 Å². The molecule has 1 aliphatic heterocycles. The normalized spacial score (nSPS) is 21.6. The highest BCUT2D eigenvalue weighted by molar-refractivity contribution is 5.75. The fourth-order valence-corrected chi connectivity index (χ4v) is 2.98. The standard InChI is InChI=1S/C15H19F2NO2/c1-2-11-5-3-4-8-18(11)14(15(19)20)12-7-6-10(16)9-13(12)17/h6-7,9,11,14H,2-5,8H2,1H3,(H,19,20). The Kier molecular flexibility index (Phi) is 4.70. The van der Waals surface area contributed by atoms with Crippen LogP contribution >= 0.6 is 0 Å². The van der Waals surface area contributed by atoms with Crippen LogP contribution in [0.25, 0.3) is 0 Å². The molecule has 1 aliphatic rings. The van der Waals surface area contributed by atoms with Crippen molar-refractivity contribution in [3.8, 4) is 0 Å². The van der Waals surface area contributed by atoms with E-state index in [-0.39, 0.29) is 11.6 Å². The molecule has 0 amide bonds. The Hall–Kier alpha value is -1.49. The largest absolute Gasteiger partial charge is 0.480 e. The number of aliphatic carboxylic acids is 1. The molecule has 1 fully saturated rings. The monoisotopic (exact) mass is 283 g/mol. The van der Waals surface area contributed by atoms with Crippen molar-refractivity contribution < 1.29 is 18.7 Å². The third-order valence-corrected chi connectivity index (χ3v) is 3.97. The van der Waals surface area contributed by atoms with Gasteiger partial charge in [0.1, 0.15) is 17.7 Å². The topological polar surface area (TPSA) is 40.5 Å². The predicted molar refractivity (Wildman–Crippen MR) is 71.4 cm³/mol. The first-order valence-corrected chi connectivity index (χ1v) is 6.98. The highest BCUT2D eigenvalue weighted by Crippen LogP contribution is 2.31. The van der Waals surface area contributed by atoms with Crippen molar-refractivity contribution in [1.29, 1.82) is 0 Å². The molecule has 20 heavy (non-hydrogen) atoms. The summed E-state index contributed by atoms with van der Waals surface area (Å²) in [5.41, 5.74) is 0.0410. The summed E-state index contributed by atoms with van der Waals surface area (Å²) in [5.74, 6) is -2.57. The Bertz CT molecular complexity index is 493. The predicted octanol–water partition coefficient (Wildman–Crippen LogP) is 3.36. The van der Waals surface area contributed by atoms with Gasteiger partial charge in [0.15, 0.2) is 0 Å². The Morgan fingerprint density at radius 3 is 2.80 bits per heavy atom. The molecule has 1 aromatic carbocycles. The Balaban J connectivity index is 2.37. The van der Waals surface area contributed by atoms with Crippen molar-refractivity contribution in [2.75, 3.05) is 6.54 Å². The summed E-state index contributed by atoms with van der Waals surface area (Å²) in [5, 5.41) is 9.48. The van der Waals surface area contributed by atoms with E-state index in [1.807, 2.05) is 11.8 Å². The van der Waals surface area contributed by atoms with Crippen LogP contribution in [0.3, 0.4) is 0 Å². The summed E-state index contributed by atoms with van der Waals surface area (Å²) in [7, 11) is 0. The maximum absolute atomic E-state index is 13.9. The second kappa shape index (κ2) is 6.31. The van der Waals surface area contributed by atoms with E-state index in [1.54, 1.807) is 0 Å². The van der Waals surface area contributed by atoms with Crippen molar-refractivity contribution >= 4 is 5.97 Å². The second-order valence-electron chi connectivity index (χ2n) is 5.20. The Morgan fingerprint density at radius 1 is 1.45 bits per heavy atom. The van der Waals surface area contributed by atoms with Crippen LogP contribution in [0.1, 0.15) is 44.2 Å². The number of piperidine rings is 1. The molecule has 5 heteroatoms. The smallest absolute Gasteiger partial charge is 0.325 e. The third kappa shape index (κ3) is 2.98. The van der Waals surface area contributed by atoms with Gasteiger partial charge >= 0.3 is 5.97 Å². The molecular weight excluding hydrogens is 264 g/mol. The lowest BCUT2D eigenvalue weighted by Gasteiger charge is -2.39. The number of hydrogen-bond acceptors (Lipinski definition) is 2. The number of carboxylic acid groups (broad SMARTS) is 1. The minimum atomic E-state index is -1.09. The summed E-state index contributed by atoms with van der Waals surface area (Å²) >= 11 is 0. The number of carbonyl (C=O) groups is 1. The van der Waals surface area contributed by atoms with Crippen molar-refractivity contribution in [3.63, 3.8) is 0 Å². The molecule has 2 unspecified atom stereocenters. The molecule has 0 radical (unpaired) electrons. The molecule has 1 saturated heterocycles. The first-order chi connectivity index (χ1) is 9.54. The van der Waals surface area contributed by atoms with Gasteiger partial charge in [0.2, 0.25) is 0 Å². The average molecular weight is 283 g/mol. The molecule has 0 bridgehead atoms. The van der Waals surface area contributed by atoms with E-state index in [0.717, 1.165) is 37.8 Å². The summed E-state index contributed by atoms with van der Waals surface area (Å²) in [4.78, 5) is 13.4. The van der Waals surface area contributed by atoms with E-state index < -0.39 is 23.6 Å². The second-order valence-corrected chi connectivity index (χ2v) is 5.20. The van der Waals surface area contributed by atoms with E-state index in [0.29, 0.717) is 6.54 Å². The number of carboxylic acids is 1. The van der Waals surface area contributed by atoms with Crippen molar-refractivity contribution in [2.24, 2.45) is 0 Å². The SMILES string of the molecule is CCC1CCCCN1C(C(=O)O)c1ccc(F)cc1F. The highest BCUT2D eigenvalue weighted by atomic mass is 19.1. The molecular formula is C15H19F2NO2. The number of benzene rings is 1. The molecule has 1 N–H and O–H groups in total. The van der Waals surface area contributed by atoms with Crippen LogP contribution in [0.4, 0.5) is 8.78 Å². The Labute approximate surface area is 117 Å². The molecule has 0 aromatic heterocycles. The van der Waals surface area contributed by atoms with Gasteiger partial charge in [-0.2, -0.15) is 0 Å². The van der Waals surface area contributed by atoms with Gasteiger partial charge in [-0.15, -0.1) is 0 Å². The molecule has 1 heterocycles. The summed E-state index contributed by atoms with van der Waals surface area (Å²) < 4.78 is 26.9. The lowest BCUT2D eigenvalue weighted by atomic mass is 9.94. The highest BCUT2D eigenvalue weighted by Gasteiger charge is 2.35. The zero-order chi connectivity index (χ0) is 14.7. The van der Waals surface area contributed by atoms with Gasteiger partial charge in [-0.05, 0) is 31.9 Å². The lowest BCUT2D eigenvalue weighted by molar-refractivity contribution is -0.145. The lowest BCUT2D eigenvalue weighted by Crippen LogP contribution is -2.44. The van der Waals surface area contributed by atoms with Gasteiger partial charge < -0.3 is 5.11 Å². The number of halogens is 2. The molecule has 1 aromatic rings. The molecule has 0 aliphatic carbocycles. The van der Waals surface area contributed by atoms with Gasteiger partial charge in [0, 0.05) is 17.7 Å². The zero-order valence-electron chi connectivity index (χ0n) is 11.5. The van der Waals surface area contributed by atoms with Crippen molar-refractivity contribution in [3.05, 3.63) is 35.4 Å². The number of nitrogens with zero attached hydrogens (tertiary/aromatic N) is 1. The minimum Gasteiger partial charge on any atom is -0.480 e. The fourth-order valence-electron chi connectivity index (χ4n) is 2.98. The molecule has 110 valence electrons. The van der Waals surface area contributed by atoms with Crippen molar-refractivity contribution in [2.45, 2.75) is 44.7 Å². The van der Waals surface area contributed by atoms with Gasteiger partial charge in [-0.1, -0.05) is 19.4 Å². The third-order valence-electron chi connectivity index (χ3n) is 3.97. The number of likely N-dealkylation sites (tertiary alicyclic amines) is 1. The molecule has 2 rings (SSSR count). The maximum atomic E-state index is 13.9. The van der Waals surface area contributed by atoms with Gasteiger partial charge in [-0.25, -0.2) is 8.78 Å². The summed E-state index contributed by atoms with van der Waals surface area (Å²) in [6, 6.07) is 2.19. The van der Waals surface area contributed by atoms with Crippen LogP contribution in [0.15, 0.2) is 18.2 Å². The van der Waals surface area contributed by atoms with Gasteiger partial charge in [0.05, 0.1) is 0 Å². The van der Waals surface area contributed by atoms with E-state index in [9.17, 15) is 18.7 Å². The minimum absolute atomic E-state index is 0.0410. The van der Waals surface area contributed by atoms with Crippen LogP contribution in [0, 0.1) is 11.6 Å². The first-order valence-electron chi connectivity index (χ1n) is 6.98. The molecule has 3 nitrogen and oxygen atoms in total. The zero-order valence-corrected chi connectivity index (χ0v) is 11.5. The van der Waals surface area contributed by atoms with Crippen molar-refractivity contribution in [1.82, 2.24) is 4.90 Å². The molecule has 2 atom stereocenters. The van der Waals surface area contributed by atoms with Gasteiger partial charge in [0.25, 0.3) is 0 Å². The van der Waals surface area contributed by atoms with Crippen LogP contribution in [-0.2, 0) is 4.79 Å². The molecule has 0 spiro atoms. The van der Waals surface area contributed by atoms with E-state index in [2.05, 4.69) is 0 Å². The quantitative estimate of drug-likeness (QED) is 0.921. The van der Waals surface area contributed by atoms with Crippen LogP contribution in [-0.4, -0.2) is 28.6 Å². The van der Waals surface area contributed by atoms with Crippen LogP contribution in [0.2, 0.25) is 0 Å². The van der Waals surface area contributed by atoms with E-state index >= 15 is 0 Å². The van der Waals surface area contributed by atoms with Crippen LogP contribution in [0.5, 0.6) is 0 Å². The maximum Gasteiger partial charge on any atom is 0.325 e. The number of hydrogen-bond donors (Lipinski definition) is 1. The fraction of sp³-hybridized carbons (Fsp3) is 0.533. The Morgan fingerprint density at radius 2 is 2.20 bits per heavy atom. The first kappa shape index (κ1) is 14.9. The molecule has 0 saturated carbocycles. The average Bonchev–Trinajstić information content (AvgIpc) is 2.42. The summed E-state index contributed by atoms with van der Waals surface area (Å²) in [6.07, 6.45) is 3.71. The van der Waals surface area contributed by atoms with Gasteiger partial charge in [-0.3, -0.25) is 9.69 Å². The van der Waals surface area contributed by atoms with E-state index in [4.69, 9.17) is 0 Å².